The van der Waals surface area contributed by atoms with Crippen LogP contribution in [0.25, 0.3) is 0 Å². The van der Waals surface area contributed by atoms with Gasteiger partial charge in [0.05, 0.1) is 7.11 Å². The van der Waals surface area contributed by atoms with Gasteiger partial charge < -0.3 is 15.0 Å². The maximum Gasteiger partial charge on any atom is 0.193 e. The average molecular weight is 403 g/mol. The minimum absolute atomic E-state index is 0. The number of ether oxygens (including phenoxy) is 1. The molecular formula is C16H26IN3O. The van der Waals surface area contributed by atoms with E-state index < -0.39 is 0 Å². The van der Waals surface area contributed by atoms with Gasteiger partial charge in [0.1, 0.15) is 5.75 Å². The quantitative estimate of drug-likeness (QED) is 0.479. The molecule has 1 fully saturated rings. The third-order valence-corrected chi connectivity index (χ3v) is 3.80. The second-order valence-electron chi connectivity index (χ2n) is 6.08. The summed E-state index contributed by atoms with van der Waals surface area (Å²) < 4.78 is 5.17. The van der Waals surface area contributed by atoms with Gasteiger partial charge in [0.15, 0.2) is 5.96 Å². The number of hydrogen-bond acceptors (Lipinski definition) is 2. The van der Waals surface area contributed by atoms with E-state index in [0.717, 1.165) is 31.3 Å². The molecule has 0 spiro atoms. The Morgan fingerprint density at radius 1 is 1.33 bits per heavy atom. The zero-order chi connectivity index (χ0) is 14.6. The minimum atomic E-state index is 0. The van der Waals surface area contributed by atoms with Gasteiger partial charge in [0.2, 0.25) is 0 Å². The summed E-state index contributed by atoms with van der Waals surface area (Å²) in [5.74, 6) is 1.88. The van der Waals surface area contributed by atoms with Crippen LogP contribution in [0.4, 0.5) is 0 Å². The number of methoxy groups -OCH3 is 1. The molecule has 1 saturated heterocycles. The summed E-state index contributed by atoms with van der Waals surface area (Å²) in [6, 6.07) is 8.12. The van der Waals surface area contributed by atoms with Gasteiger partial charge in [-0.25, -0.2) is 0 Å². The van der Waals surface area contributed by atoms with E-state index in [-0.39, 0.29) is 24.0 Å². The van der Waals surface area contributed by atoms with Crippen LogP contribution in [-0.2, 0) is 6.54 Å². The molecule has 1 aliphatic heterocycles. The summed E-state index contributed by atoms with van der Waals surface area (Å²) >= 11 is 0. The van der Waals surface area contributed by atoms with E-state index in [2.05, 4.69) is 41.2 Å². The lowest BCUT2D eigenvalue weighted by Gasteiger charge is -2.23. The number of guanidine groups is 1. The molecule has 0 bridgehead atoms. The van der Waals surface area contributed by atoms with Crippen molar-refractivity contribution in [3.63, 3.8) is 0 Å². The molecule has 1 heterocycles. The van der Waals surface area contributed by atoms with Crippen LogP contribution in [0.5, 0.6) is 5.75 Å². The first kappa shape index (κ1) is 18.1. The number of nitrogens with one attached hydrogen (secondary N) is 1. The van der Waals surface area contributed by atoms with E-state index in [1.165, 1.54) is 12.0 Å². The Kier molecular flexibility index (Phi) is 6.77. The van der Waals surface area contributed by atoms with E-state index in [9.17, 15) is 0 Å². The van der Waals surface area contributed by atoms with Crippen molar-refractivity contribution in [1.29, 1.82) is 0 Å². The molecule has 0 aromatic heterocycles. The highest BCUT2D eigenvalue weighted by Crippen LogP contribution is 2.28. The normalized spacial score (nSPS) is 17.3. The molecule has 5 heteroatoms. The molecule has 1 N–H and O–H groups in total. The molecule has 2 rings (SSSR count). The van der Waals surface area contributed by atoms with Crippen LogP contribution in [-0.4, -0.2) is 38.1 Å². The van der Waals surface area contributed by atoms with Crippen molar-refractivity contribution < 1.29 is 4.74 Å². The van der Waals surface area contributed by atoms with Gasteiger partial charge in [0, 0.05) is 26.7 Å². The summed E-state index contributed by atoms with van der Waals surface area (Å²) in [7, 11) is 3.53. The van der Waals surface area contributed by atoms with Crippen LogP contribution < -0.4 is 10.1 Å². The fourth-order valence-corrected chi connectivity index (χ4v) is 2.55. The first-order valence-electron chi connectivity index (χ1n) is 7.12. The highest BCUT2D eigenvalue weighted by molar-refractivity contribution is 14.0. The summed E-state index contributed by atoms with van der Waals surface area (Å²) in [6.45, 7) is 7.55. The smallest absolute Gasteiger partial charge is 0.193 e. The number of halogens is 1. The van der Waals surface area contributed by atoms with Crippen LogP contribution in [0.1, 0.15) is 25.8 Å². The van der Waals surface area contributed by atoms with Gasteiger partial charge in [-0.15, -0.1) is 24.0 Å². The molecule has 21 heavy (non-hydrogen) atoms. The van der Waals surface area contributed by atoms with E-state index >= 15 is 0 Å². The highest BCUT2D eigenvalue weighted by Gasteiger charge is 2.30. The van der Waals surface area contributed by atoms with Crippen LogP contribution in [0.15, 0.2) is 29.3 Å². The van der Waals surface area contributed by atoms with Crippen LogP contribution in [0, 0.1) is 5.41 Å². The molecule has 0 radical (unpaired) electrons. The largest absolute Gasteiger partial charge is 0.497 e. The predicted molar refractivity (Wildman–Crippen MR) is 98.6 cm³/mol. The summed E-state index contributed by atoms with van der Waals surface area (Å²) in [4.78, 5) is 6.73. The van der Waals surface area contributed by atoms with Gasteiger partial charge in [-0.2, -0.15) is 0 Å². The third kappa shape index (κ3) is 5.05. The first-order valence-corrected chi connectivity index (χ1v) is 7.12. The van der Waals surface area contributed by atoms with Crippen molar-refractivity contribution in [2.45, 2.75) is 26.8 Å². The van der Waals surface area contributed by atoms with E-state index in [1.807, 2.05) is 19.2 Å². The minimum Gasteiger partial charge on any atom is -0.497 e. The SMILES string of the molecule is CN=C(NCc1ccc(OC)cc1)N1CCC(C)(C)C1.I. The Hall–Kier alpha value is -0.980. The molecule has 1 aliphatic rings. The zero-order valence-electron chi connectivity index (χ0n) is 13.3. The average Bonchev–Trinajstić information content (AvgIpc) is 2.80. The Balaban J connectivity index is 0.00000220. The zero-order valence-corrected chi connectivity index (χ0v) is 15.7. The van der Waals surface area contributed by atoms with E-state index in [4.69, 9.17) is 4.74 Å². The Morgan fingerprint density at radius 2 is 2.00 bits per heavy atom. The molecule has 0 unspecified atom stereocenters. The molecule has 1 aromatic carbocycles. The standard InChI is InChI=1S/C16H25N3O.HI/c1-16(2)9-10-19(12-16)15(17-3)18-11-13-5-7-14(20-4)8-6-13;/h5-8H,9-12H2,1-4H3,(H,17,18);1H. The first-order chi connectivity index (χ1) is 9.54. The van der Waals surface area contributed by atoms with Crippen molar-refractivity contribution in [2.75, 3.05) is 27.2 Å². The lowest BCUT2D eigenvalue weighted by molar-refractivity contribution is 0.370. The maximum atomic E-state index is 5.17. The number of nitrogens with zero attached hydrogens (tertiary/aromatic N) is 2. The molecule has 1 aromatic rings. The summed E-state index contributed by atoms with van der Waals surface area (Å²) in [5, 5.41) is 3.44. The molecule has 0 saturated carbocycles. The molecule has 0 atom stereocenters. The number of likely N-dealkylation sites (tertiary alicyclic amines) is 1. The number of rotatable bonds is 3. The molecule has 118 valence electrons. The third-order valence-electron chi connectivity index (χ3n) is 3.80. The second-order valence-corrected chi connectivity index (χ2v) is 6.08. The highest BCUT2D eigenvalue weighted by atomic mass is 127. The van der Waals surface area contributed by atoms with E-state index in [1.54, 1.807) is 7.11 Å². The Morgan fingerprint density at radius 3 is 2.48 bits per heavy atom. The topological polar surface area (TPSA) is 36.9 Å². The van der Waals surface area contributed by atoms with Crippen LogP contribution in [0.2, 0.25) is 0 Å². The van der Waals surface area contributed by atoms with Gasteiger partial charge in [0.25, 0.3) is 0 Å². The molecule has 0 aliphatic carbocycles. The van der Waals surface area contributed by atoms with Crippen LogP contribution in [0.3, 0.4) is 0 Å². The lowest BCUT2D eigenvalue weighted by Crippen LogP contribution is -2.40. The monoisotopic (exact) mass is 403 g/mol. The number of benzene rings is 1. The molecular weight excluding hydrogens is 377 g/mol. The fraction of sp³-hybridized carbons (Fsp3) is 0.562. The van der Waals surface area contributed by atoms with E-state index in [0.29, 0.717) is 5.41 Å². The van der Waals surface area contributed by atoms with Gasteiger partial charge in [-0.3, -0.25) is 4.99 Å². The van der Waals surface area contributed by atoms with Gasteiger partial charge in [-0.1, -0.05) is 26.0 Å². The van der Waals surface area contributed by atoms with Crippen molar-refractivity contribution >= 4 is 29.9 Å². The van der Waals surface area contributed by atoms with Gasteiger partial charge in [-0.05, 0) is 29.5 Å². The number of aliphatic imine (C=N–C) groups is 1. The van der Waals surface area contributed by atoms with Crippen molar-refractivity contribution in [1.82, 2.24) is 10.2 Å². The summed E-state index contributed by atoms with van der Waals surface area (Å²) in [6.07, 6.45) is 1.22. The molecule has 0 amide bonds. The Labute approximate surface area is 145 Å². The van der Waals surface area contributed by atoms with Gasteiger partial charge >= 0.3 is 0 Å². The maximum absolute atomic E-state index is 5.17. The van der Waals surface area contributed by atoms with Crippen molar-refractivity contribution in [3.05, 3.63) is 29.8 Å². The fourth-order valence-electron chi connectivity index (χ4n) is 2.55. The Bertz CT molecular complexity index is 471. The van der Waals surface area contributed by atoms with Crippen molar-refractivity contribution in [3.8, 4) is 5.75 Å². The van der Waals surface area contributed by atoms with Crippen LogP contribution >= 0.6 is 24.0 Å². The number of hydrogen-bond donors (Lipinski definition) is 1. The van der Waals surface area contributed by atoms with Crippen molar-refractivity contribution in [2.24, 2.45) is 10.4 Å². The summed E-state index contributed by atoms with van der Waals surface area (Å²) in [5.41, 5.74) is 1.61. The predicted octanol–water partition coefficient (Wildman–Crippen LogP) is 3.12. The molecule has 4 nitrogen and oxygen atoms in total. The second kappa shape index (κ2) is 7.87. The lowest BCUT2D eigenvalue weighted by atomic mass is 9.93.